The molecule has 27 heavy (non-hydrogen) atoms. The summed E-state index contributed by atoms with van der Waals surface area (Å²) in [6.45, 7) is 0.289. The Hall–Kier alpha value is -1.81. The third-order valence-corrected chi connectivity index (χ3v) is 7.84. The minimum absolute atomic E-state index is 0.134. The van der Waals surface area contributed by atoms with E-state index >= 15 is 0 Å². The zero-order chi connectivity index (χ0) is 19.6. The number of nitrogens with one attached hydrogen (secondary N) is 1. The van der Waals surface area contributed by atoms with E-state index in [0.717, 1.165) is 11.3 Å². The van der Waals surface area contributed by atoms with Gasteiger partial charge in [0.25, 0.3) is 10.0 Å². The Bertz CT molecular complexity index is 922. The molecule has 146 valence electrons. The summed E-state index contributed by atoms with van der Waals surface area (Å²) in [4.78, 5) is 12.8. The van der Waals surface area contributed by atoms with Crippen LogP contribution in [0.25, 0.3) is 0 Å². The number of thiophene rings is 1. The molecule has 1 amide bonds. The van der Waals surface area contributed by atoms with E-state index in [0.29, 0.717) is 34.4 Å². The minimum atomic E-state index is -3.77. The maximum absolute atomic E-state index is 12.9. The van der Waals surface area contributed by atoms with Crippen LogP contribution in [0.4, 0.5) is 5.69 Å². The van der Waals surface area contributed by atoms with Crippen molar-refractivity contribution in [1.29, 1.82) is 0 Å². The van der Waals surface area contributed by atoms with Crippen LogP contribution < -0.4 is 14.8 Å². The standard InChI is InChI=1S/C17H19ClN2O5S2/c1-24-12-8-11(9-13(10-12)25-2)19-17(21)14-4-3-7-20(14)27(22,23)16-6-5-15(18)26-16/h5-6,8-10,14H,3-4,7H2,1-2H3,(H,19,21)/t14-/m1/s1. The molecule has 1 fully saturated rings. The number of hydrogen-bond donors (Lipinski definition) is 1. The SMILES string of the molecule is COc1cc(NC(=O)[C@H]2CCCN2S(=O)(=O)c2ccc(Cl)s2)cc(OC)c1. The van der Waals surface area contributed by atoms with Gasteiger partial charge in [-0.05, 0) is 25.0 Å². The number of hydrogen-bond acceptors (Lipinski definition) is 6. The van der Waals surface area contributed by atoms with Gasteiger partial charge in [-0.25, -0.2) is 8.42 Å². The van der Waals surface area contributed by atoms with Crippen LogP contribution in [-0.4, -0.2) is 45.4 Å². The predicted molar refractivity (Wildman–Crippen MR) is 104 cm³/mol. The number of carbonyl (C=O) groups is 1. The summed E-state index contributed by atoms with van der Waals surface area (Å²) in [5.74, 6) is 0.650. The highest BCUT2D eigenvalue weighted by molar-refractivity contribution is 7.91. The second kappa shape index (κ2) is 8.05. The van der Waals surface area contributed by atoms with Crippen molar-refractivity contribution in [2.45, 2.75) is 23.1 Å². The van der Waals surface area contributed by atoms with Gasteiger partial charge in [0.05, 0.1) is 18.6 Å². The van der Waals surface area contributed by atoms with E-state index in [2.05, 4.69) is 5.32 Å². The van der Waals surface area contributed by atoms with Crippen LogP contribution >= 0.6 is 22.9 Å². The molecule has 1 aromatic carbocycles. The molecular formula is C17H19ClN2O5S2. The fourth-order valence-electron chi connectivity index (χ4n) is 2.95. The molecule has 3 rings (SSSR count). The monoisotopic (exact) mass is 430 g/mol. The molecule has 1 aliphatic rings. The van der Waals surface area contributed by atoms with Crippen LogP contribution in [0.2, 0.25) is 4.34 Å². The number of anilines is 1. The molecule has 2 aromatic rings. The topological polar surface area (TPSA) is 84.9 Å². The van der Waals surface area contributed by atoms with E-state index in [-0.39, 0.29) is 10.8 Å². The van der Waals surface area contributed by atoms with Gasteiger partial charge >= 0.3 is 0 Å². The second-order valence-corrected chi connectivity index (χ2v) is 9.76. The van der Waals surface area contributed by atoms with Gasteiger partial charge < -0.3 is 14.8 Å². The van der Waals surface area contributed by atoms with Gasteiger partial charge in [-0.2, -0.15) is 4.31 Å². The number of sulfonamides is 1. The van der Waals surface area contributed by atoms with Crippen LogP contribution in [0, 0.1) is 0 Å². The summed E-state index contributed by atoms with van der Waals surface area (Å²) in [6.07, 6.45) is 1.06. The van der Waals surface area contributed by atoms with Crippen molar-refractivity contribution < 1.29 is 22.7 Å². The fourth-order valence-corrected chi connectivity index (χ4v) is 6.22. The van der Waals surface area contributed by atoms with Crippen molar-refractivity contribution in [2.75, 3.05) is 26.1 Å². The number of carbonyl (C=O) groups excluding carboxylic acids is 1. The molecule has 1 aliphatic heterocycles. The lowest BCUT2D eigenvalue weighted by molar-refractivity contribution is -0.119. The fraction of sp³-hybridized carbons (Fsp3) is 0.353. The smallest absolute Gasteiger partial charge is 0.253 e. The molecule has 1 saturated heterocycles. The molecule has 1 atom stereocenters. The number of nitrogens with zero attached hydrogens (tertiary/aromatic N) is 1. The molecule has 0 unspecified atom stereocenters. The Balaban J connectivity index is 1.82. The molecule has 0 bridgehead atoms. The molecule has 0 spiro atoms. The highest BCUT2D eigenvalue weighted by Crippen LogP contribution is 2.33. The first-order valence-electron chi connectivity index (χ1n) is 8.16. The highest BCUT2D eigenvalue weighted by Gasteiger charge is 2.40. The van der Waals surface area contributed by atoms with Gasteiger partial charge in [0.15, 0.2) is 0 Å². The van der Waals surface area contributed by atoms with Crippen LogP contribution in [-0.2, 0) is 14.8 Å². The lowest BCUT2D eigenvalue weighted by Gasteiger charge is -2.22. The second-order valence-electron chi connectivity index (χ2n) is 5.92. The van der Waals surface area contributed by atoms with Gasteiger partial charge in [0.1, 0.15) is 21.8 Å². The number of halogens is 1. The maximum Gasteiger partial charge on any atom is 0.253 e. The summed E-state index contributed by atoms with van der Waals surface area (Å²) in [5.41, 5.74) is 0.472. The Kier molecular flexibility index (Phi) is 5.95. The Labute approximate surface area is 166 Å². The first kappa shape index (κ1) is 19.9. The summed E-state index contributed by atoms with van der Waals surface area (Å²) < 4.78 is 37.9. The number of rotatable bonds is 6. The van der Waals surface area contributed by atoms with Crippen LogP contribution in [0.5, 0.6) is 11.5 Å². The zero-order valence-corrected chi connectivity index (χ0v) is 17.2. The van der Waals surface area contributed by atoms with E-state index in [9.17, 15) is 13.2 Å². The van der Waals surface area contributed by atoms with E-state index in [1.54, 1.807) is 18.2 Å². The molecule has 1 aromatic heterocycles. The summed E-state index contributed by atoms with van der Waals surface area (Å²) >= 11 is 6.85. The quantitative estimate of drug-likeness (QED) is 0.760. The van der Waals surface area contributed by atoms with Crippen molar-refractivity contribution >= 4 is 44.6 Å². The molecule has 0 radical (unpaired) electrons. The highest BCUT2D eigenvalue weighted by atomic mass is 35.5. The summed E-state index contributed by atoms with van der Waals surface area (Å²) in [5, 5.41) is 2.76. The first-order chi connectivity index (χ1) is 12.8. The molecular weight excluding hydrogens is 412 g/mol. The Morgan fingerprint density at radius 3 is 2.44 bits per heavy atom. The number of benzene rings is 1. The van der Waals surface area contributed by atoms with Gasteiger partial charge in [-0.15, -0.1) is 11.3 Å². The number of ether oxygens (including phenoxy) is 2. The molecule has 7 nitrogen and oxygen atoms in total. The van der Waals surface area contributed by atoms with E-state index in [1.165, 1.54) is 30.7 Å². The van der Waals surface area contributed by atoms with Crippen LogP contribution in [0.15, 0.2) is 34.5 Å². The Morgan fingerprint density at radius 2 is 1.89 bits per heavy atom. The third kappa shape index (κ3) is 4.21. The van der Waals surface area contributed by atoms with E-state index in [4.69, 9.17) is 21.1 Å². The normalized spacial score (nSPS) is 17.7. The van der Waals surface area contributed by atoms with Gasteiger partial charge in [-0.3, -0.25) is 4.79 Å². The lowest BCUT2D eigenvalue weighted by Crippen LogP contribution is -2.42. The largest absolute Gasteiger partial charge is 0.497 e. The van der Waals surface area contributed by atoms with E-state index < -0.39 is 22.0 Å². The summed E-state index contributed by atoms with van der Waals surface area (Å²) in [6, 6.07) is 7.19. The molecule has 0 aliphatic carbocycles. The summed E-state index contributed by atoms with van der Waals surface area (Å²) in [7, 11) is -0.749. The van der Waals surface area contributed by atoms with Crippen LogP contribution in [0.3, 0.4) is 0 Å². The Morgan fingerprint density at radius 1 is 1.22 bits per heavy atom. The lowest BCUT2D eigenvalue weighted by atomic mass is 10.2. The average Bonchev–Trinajstić information content (AvgIpc) is 3.31. The molecule has 1 N–H and O–H groups in total. The van der Waals surface area contributed by atoms with E-state index in [1.807, 2.05) is 0 Å². The van der Waals surface area contributed by atoms with Crippen molar-refractivity contribution in [2.24, 2.45) is 0 Å². The zero-order valence-electron chi connectivity index (χ0n) is 14.8. The average molecular weight is 431 g/mol. The van der Waals surface area contributed by atoms with Crippen molar-refractivity contribution in [3.8, 4) is 11.5 Å². The van der Waals surface area contributed by atoms with Crippen molar-refractivity contribution in [3.05, 3.63) is 34.7 Å². The van der Waals surface area contributed by atoms with Gasteiger partial charge in [0, 0.05) is 30.4 Å². The minimum Gasteiger partial charge on any atom is -0.497 e. The number of amides is 1. The predicted octanol–water partition coefficient (Wildman–Crippen LogP) is 3.21. The van der Waals surface area contributed by atoms with Gasteiger partial charge in [0.2, 0.25) is 5.91 Å². The molecule has 10 heteroatoms. The molecule has 0 saturated carbocycles. The van der Waals surface area contributed by atoms with Gasteiger partial charge in [-0.1, -0.05) is 11.6 Å². The van der Waals surface area contributed by atoms with Crippen molar-refractivity contribution in [1.82, 2.24) is 4.31 Å². The first-order valence-corrected chi connectivity index (χ1v) is 10.8. The van der Waals surface area contributed by atoms with Crippen molar-refractivity contribution in [3.63, 3.8) is 0 Å². The third-order valence-electron chi connectivity index (χ3n) is 4.24. The molecule has 2 heterocycles. The van der Waals surface area contributed by atoms with Crippen LogP contribution in [0.1, 0.15) is 12.8 Å². The number of methoxy groups -OCH3 is 2. The maximum atomic E-state index is 12.9.